The van der Waals surface area contributed by atoms with Gasteiger partial charge < -0.3 is 5.32 Å². The summed E-state index contributed by atoms with van der Waals surface area (Å²) in [4.78, 5) is -0.0109. The number of halogens is 1. The number of hydrogen-bond donors (Lipinski definition) is 2. The van der Waals surface area contributed by atoms with Gasteiger partial charge in [0.25, 0.3) is 0 Å². The van der Waals surface area contributed by atoms with Crippen molar-refractivity contribution in [2.24, 2.45) is 0 Å². The third kappa shape index (κ3) is 5.14. The zero-order valence-corrected chi connectivity index (χ0v) is 16.0. The summed E-state index contributed by atoms with van der Waals surface area (Å²) in [5.74, 6) is 0. The topological polar surface area (TPSA) is 95.6 Å². The van der Waals surface area contributed by atoms with Crippen LogP contribution in [0.15, 0.2) is 34.1 Å². The number of benzene rings is 1. The summed E-state index contributed by atoms with van der Waals surface area (Å²) in [5, 5.41) is 3.02. The highest BCUT2D eigenvalue weighted by atomic mass is 35.5. The Morgan fingerprint density at radius 1 is 1.04 bits per heavy atom. The van der Waals surface area contributed by atoms with Crippen LogP contribution in [-0.4, -0.2) is 53.9 Å². The Labute approximate surface area is 150 Å². The minimum absolute atomic E-state index is 0. The van der Waals surface area contributed by atoms with Crippen LogP contribution in [0.2, 0.25) is 0 Å². The third-order valence-electron chi connectivity index (χ3n) is 3.66. The van der Waals surface area contributed by atoms with Crippen LogP contribution < -0.4 is 10.0 Å². The number of nitrogens with zero attached hydrogens (tertiary/aromatic N) is 1. The molecule has 2 N–H and O–H groups in total. The second kappa shape index (κ2) is 9.12. The highest BCUT2D eigenvalue weighted by Gasteiger charge is 2.28. The minimum atomic E-state index is -3.72. The standard InChI is InChI=1S/C14H23N3O4S2.ClH/c1-2-15-8-9-16-22(18,19)13-6-5-7-14(12-13)23(20,21)17-10-3-4-11-17;/h5-7,12,15-16H,2-4,8-11H2,1H3;1H. The molecule has 0 unspecified atom stereocenters. The Morgan fingerprint density at radius 2 is 1.67 bits per heavy atom. The lowest BCUT2D eigenvalue weighted by Gasteiger charge is -2.16. The number of nitrogens with one attached hydrogen (secondary N) is 2. The van der Waals surface area contributed by atoms with Gasteiger partial charge in [0.2, 0.25) is 20.0 Å². The number of rotatable bonds is 8. The first kappa shape index (κ1) is 21.3. The van der Waals surface area contributed by atoms with Crippen molar-refractivity contribution < 1.29 is 16.8 Å². The molecule has 138 valence electrons. The molecule has 0 radical (unpaired) electrons. The first-order valence-corrected chi connectivity index (χ1v) is 10.6. The molecule has 0 aliphatic carbocycles. The number of sulfonamides is 2. The van der Waals surface area contributed by atoms with Crippen molar-refractivity contribution in [3.8, 4) is 0 Å². The van der Waals surface area contributed by atoms with Crippen LogP contribution >= 0.6 is 12.4 Å². The van der Waals surface area contributed by atoms with E-state index in [0.29, 0.717) is 19.6 Å². The lowest BCUT2D eigenvalue weighted by Crippen LogP contribution is -2.32. The van der Waals surface area contributed by atoms with Crippen LogP contribution in [-0.2, 0) is 20.0 Å². The van der Waals surface area contributed by atoms with Gasteiger partial charge in [-0.05, 0) is 37.6 Å². The van der Waals surface area contributed by atoms with E-state index in [0.717, 1.165) is 19.4 Å². The monoisotopic (exact) mass is 397 g/mol. The van der Waals surface area contributed by atoms with Gasteiger partial charge in [0.05, 0.1) is 9.79 Å². The largest absolute Gasteiger partial charge is 0.316 e. The molecule has 0 amide bonds. The molecule has 1 fully saturated rings. The quantitative estimate of drug-likeness (QED) is 0.632. The molecule has 24 heavy (non-hydrogen) atoms. The van der Waals surface area contributed by atoms with Crippen LogP contribution in [0, 0.1) is 0 Å². The summed E-state index contributed by atoms with van der Waals surface area (Å²) in [5.41, 5.74) is 0. The van der Waals surface area contributed by atoms with Gasteiger partial charge in [0, 0.05) is 26.2 Å². The predicted molar refractivity (Wildman–Crippen MR) is 95.4 cm³/mol. The van der Waals surface area contributed by atoms with Crippen molar-refractivity contribution in [2.75, 3.05) is 32.7 Å². The Kier molecular flexibility index (Phi) is 8.10. The van der Waals surface area contributed by atoms with E-state index in [1.54, 1.807) is 0 Å². The van der Waals surface area contributed by atoms with E-state index < -0.39 is 20.0 Å². The van der Waals surface area contributed by atoms with E-state index in [4.69, 9.17) is 0 Å². The van der Waals surface area contributed by atoms with Crippen molar-refractivity contribution in [1.29, 1.82) is 0 Å². The zero-order valence-electron chi connectivity index (χ0n) is 13.6. The van der Waals surface area contributed by atoms with E-state index in [1.165, 1.54) is 28.6 Å². The summed E-state index contributed by atoms with van der Waals surface area (Å²) in [6.07, 6.45) is 1.67. The molecule has 1 aromatic rings. The highest BCUT2D eigenvalue weighted by Crippen LogP contribution is 2.22. The zero-order chi connectivity index (χ0) is 16.9. The summed E-state index contributed by atoms with van der Waals surface area (Å²) in [6, 6.07) is 5.52. The molecular formula is C14H24ClN3O4S2. The van der Waals surface area contributed by atoms with E-state index in [9.17, 15) is 16.8 Å². The second-order valence-electron chi connectivity index (χ2n) is 5.34. The Morgan fingerprint density at radius 3 is 2.29 bits per heavy atom. The molecule has 1 aliphatic heterocycles. The molecule has 0 saturated carbocycles. The molecule has 10 heteroatoms. The van der Waals surface area contributed by atoms with Gasteiger partial charge in [-0.2, -0.15) is 4.31 Å². The van der Waals surface area contributed by atoms with Crippen molar-refractivity contribution in [3.05, 3.63) is 24.3 Å². The smallest absolute Gasteiger partial charge is 0.243 e. The van der Waals surface area contributed by atoms with Crippen molar-refractivity contribution in [1.82, 2.24) is 14.3 Å². The van der Waals surface area contributed by atoms with E-state index >= 15 is 0 Å². The maximum absolute atomic E-state index is 12.5. The van der Waals surface area contributed by atoms with E-state index in [1.807, 2.05) is 6.92 Å². The summed E-state index contributed by atoms with van der Waals surface area (Å²) in [7, 11) is -7.34. The fraction of sp³-hybridized carbons (Fsp3) is 0.571. The van der Waals surface area contributed by atoms with Crippen LogP contribution in [0.5, 0.6) is 0 Å². The van der Waals surface area contributed by atoms with Gasteiger partial charge in [-0.15, -0.1) is 12.4 Å². The van der Waals surface area contributed by atoms with Gasteiger partial charge in [-0.1, -0.05) is 13.0 Å². The van der Waals surface area contributed by atoms with E-state index in [2.05, 4.69) is 10.0 Å². The summed E-state index contributed by atoms with van der Waals surface area (Å²) >= 11 is 0. The fourth-order valence-electron chi connectivity index (χ4n) is 2.41. The maximum Gasteiger partial charge on any atom is 0.243 e. The molecule has 0 aromatic heterocycles. The number of likely N-dealkylation sites (N-methyl/N-ethyl adjacent to an activating group) is 1. The molecule has 2 rings (SSSR count). The minimum Gasteiger partial charge on any atom is -0.316 e. The maximum atomic E-state index is 12.5. The molecule has 1 aromatic carbocycles. The van der Waals surface area contributed by atoms with Crippen LogP contribution in [0.4, 0.5) is 0 Å². The lowest BCUT2D eigenvalue weighted by molar-refractivity contribution is 0.477. The summed E-state index contributed by atoms with van der Waals surface area (Å²) in [6.45, 7) is 4.42. The normalized spacial score (nSPS) is 16.0. The SMILES string of the molecule is CCNCCNS(=O)(=O)c1cccc(S(=O)(=O)N2CCCC2)c1.Cl. The van der Waals surface area contributed by atoms with Gasteiger partial charge >= 0.3 is 0 Å². The van der Waals surface area contributed by atoms with Crippen LogP contribution in [0.3, 0.4) is 0 Å². The molecule has 0 spiro atoms. The Balaban J connectivity index is 0.00000288. The van der Waals surface area contributed by atoms with Gasteiger partial charge in [-0.3, -0.25) is 0 Å². The second-order valence-corrected chi connectivity index (χ2v) is 9.04. The van der Waals surface area contributed by atoms with Gasteiger partial charge in [0.15, 0.2) is 0 Å². The van der Waals surface area contributed by atoms with Gasteiger partial charge in [-0.25, -0.2) is 21.6 Å². The Hall–Kier alpha value is -0.710. The molecule has 1 aliphatic rings. The van der Waals surface area contributed by atoms with Crippen LogP contribution in [0.1, 0.15) is 19.8 Å². The van der Waals surface area contributed by atoms with Crippen molar-refractivity contribution in [2.45, 2.75) is 29.6 Å². The molecule has 7 nitrogen and oxygen atoms in total. The average molecular weight is 398 g/mol. The average Bonchev–Trinajstić information content (AvgIpc) is 3.07. The molecular weight excluding hydrogens is 374 g/mol. The predicted octanol–water partition coefficient (Wildman–Crippen LogP) is 0.781. The van der Waals surface area contributed by atoms with Crippen molar-refractivity contribution >= 4 is 32.5 Å². The third-order valence-corrected chi connectivity index (χ3v) is 7.02. The van der Waals surface area contributed by atoms with Crippen molar-refractivity contribution in [3.63, 3.8) is 0 Å². The first-order valence-electron chi connectivity index (χ1n) is 7.68. The molecule has 0 bridgehead atoms. The number of hydrogen-bond acceptors (Lipinski definition) is 5. The lowest BCUT2D eigenvalue weighted by atomic mass is 10.4. The fourth-order valence-corrected chi connectivity index (χ4v) is 5.13. The highest BCUT2D eigenvalue weighted by molar-refractivity contribution is 7.90. The Bertz CT molecular complexity index is 732. The van der Waals surface area contributed by atoms with Crippen LogP contribution in [0.25, 0.3) is 0 Å². The molecule has 1 heterocycles. The summed E-state index contributed by atoms with van der Waals surface area (Å²) < 4.78 is 53.4. The molecule has 1 saturated heterocycles. The first-order chi connectivity index (χ1) is 10.9. The van der Waals surface area contributed by atoms with Gasteiger partial charge in [0.1, 0.15) is 0 Å². The van der Waals surface area contributed by atoms with E-state index in [-0.39, 0.29) is 28.7 Å². The molecule has 0 atom stereocenters.